The van der Waals surface area contributed by atoms with Crippen LogP contribution in [0.2, 0.25) is 0 Å². The van der Waals surface area contributed by atoms with Crippen LogP contribution in [0.4, 0.5) is 13.2 Å². The Balaban J connectivity index is 2.07. The minimum Gasteiger partial charge on any atom is -0.444 e. The Morgan fingerprint density at radius 3 is 2.72 bits per heavy atom. The summed E-state index contributed by atoms with van der Waals surface area (Å²) in [5, 5.41) is 0. The third-order valence-corrected chi connectivity index (χ3v) is 3.38. The molecule has 0 bridgehead atoms. The Morgan fingerprint density at radius 1 is 1.44 bits per heavy atom. The van der Waals surface area contributed by atoms with Crippen LogP contribution in [0.3, 0.4) is 0 Å². The Hall–Kier alpha value is -0.980. The summed E-state index contributed by atoms with van der Waals surface area (Å²) >= 11 is 3.05. The molecule has 0 N–H and O–H groups in total. The molecule has 1 aromatic rings. The number of halogens is 4. The highest BCUT2D eigenvalue weighted by Gasteiger charge is 2.43. The molecule has 1 amide bonds. The van der Waals surface area contributed by atoms with Gasteiger partial charge in [-0.3, -0.25) is 4.79 Å². The average Bonchev–Trinajstić information content (AvgIpc) is 2.74. The van der Waals surface area contributed by atoms with Crippen LogP contribution in [0.15, 0.2) is 21.2 Å². The van der Waals surface area contributed by atoms with E-state index in [-0.39, 0.29) is 18.7 Å². The summed E-state index contributed by atoms with van der Waals surface area (Å²) in [5.41, 5.74) is 0. The van der Waals surface area contributed by atoms with E-state index in [1.54, 1.807) is 6.07 Å². The molecule has 3 nitrogen and oxygen atoms in total. The Kier molecular flexibility index (Phi) is 3.70. The molecule has 2 rings (SSSR count). The molecule has 0 aliphatic carbocycles. The van der Waals surface area contributed by atoms with E-state index >= 15 is 0 Å². The van der Waals surface area contributed by atoms with Gasteiger partial charge in [0.1, 0.15) is 0 Å². The van der Waals surface area contributed by atoms with E-state index in [0.29, 0.717) is 17.6 Å². The first-order valence-corrected chi connectivity index (χ1v) is 6.28. The summed E-state index contributed by atoms with van der Waals surface area (Å²) in [6, 6.07) is 2.99. The van der Waals surface area contributed by atoms with E-state index in [1.807, 2.05) is 0 Å². The third kappa shape index (κ3) is 2.88. The van der Waals surface area contributed by atoms with Crippen LogP contribution in [-0.2, 0) is 0 Å². The van der Waals surface area contributed by atoms with E-state index in [0.717, 1.165) is 0 Å². The van der Waals surface area contributed by atoms with Crippen molar-refractivity contribution in [2.45, 2.75) is 19.0 Å². The SMILES string of the molecule is O=C(c1ccc(Br)o1)N1CCC[C@H](C(F)(F)F)C1. The van der Waals surface area contributed by atoms with Crippen LogP contribution < -0.4 is 0 Å². The van der Waals surface area contributed by atoms with Gasteiger partial charge in [-0.15, -0.1) is 0 Å². The summed E-state index contributed by atoms with van der Waals surface area (Å²) in [6.45, 7) is 0.0460. The predicted octanol–water partition coefficient (Wildman–Crippen LogP) is 3.46. The number of piperidine rings is 1. The second-order valence-electron chi connectivity index (χ2n) is 4.24. The van der Waals surface area contributed by atoms with Gasteiger partial charge in [0.05, 0.1) is 5.92 Å². The van der Waals surface area contributed by atoms with Crippen molar-refractivity contribution in [1.29, 1.82) is 0 Å². The predicted molar refractivity (Wildman–Crippen MR) is 61.1 cm³/mol. The zero-order valence-electron chi connectivity index (χ0n) is 9.34. The largest absolute Gasteiger partial charge is 0.444 e. The molecule has 1 saturated heterocycles. The molecule has 1 aromatic heterocycles. The first-order valence-electron chi connectivity index (χ1n) is 5.49. The summed E-state index contributed by atoms with van der Waals surface area (Å²) in [5.74, 6) is -1.87. The van der Waals surface area contributed by atoms with Gasteiger partial charge in [-0.1, -0.05) is 0 Å². The maximum atomic E-state index is 12.6. The highest BCUT2D eigenvalue weighted by atomic mass is 79.9. The van der Waals surface area contributed by atoms with Crippen molar-refractivity contribution in [3.63, 3.8) is 0 Å². The Bertz CT molecular complexity index is 444. The molecule has 1 atom stereocenters. The summed E-state index contributed by atoms with van der Waals surface area (Å²) < 4.78 is 43.3. The normalized spacial score (nSPS) is 21.1. The molecule has 100 valence electrons. The molecule has 18 heavy (non-hydrogen) atoms. The van der Waals surface area contributed by atoms with Crippen molar-refractivity contribution >= 4 is 21.8 Å². The lowest BCUT2D eigenvalue weighted by atomic mass is 9.97. The van der Waals surface area contributed by atoms with Gasteiger partial charge in [0.2, 0.25) is 0 Å². The fourth-order valence-corrected chi connectivity index (χ4v) is 2.32. The summed E-state index contributed by atoms with van der Waals surface area (Å²) in [4.78, 5) is 13.1. The second-order valence-corrected chi connectivity index (χ2v) is 5.02. The fourth-order valence-electron chi connectivity index (χ4n) is 2.01. The fraction of sp³-hybridized carbons (Fsp3) is 0.545. The smallest absolute Gasteiger partial charge is 0.393 e. The monoisotopic (exact) mass is 325 g/mol. The minimum atomic E-state index is -4.25. The molecule has 1 fully saturated rings. The van der Waals surface area contributed by atoms with Gasteiger partial charge < -0.3 is 9.32 Å². The first kappa shape index (κ1) is 13.5. The summed E-state index contributed by atoms with van der Waals surface area (Å²) in [6.07, 6.45) is -3.81. The number of alkyl halides is 3. The number of amides is 1. The van der Waals surface area contributed by atoms with Crippen molar-refractivity contribution in [2.75, 3.05) is 13.1 Å². The van der Waals surface area contributed by atoms with Crippen LogP contribution in [-0.4, -0.2) is 30.1 Å². The molecule has 1 aliphatic heterocycles. The zero-order valence-corrected chi connectivity index (χ0v) is 10.9. The number of hydrogen-bond acceptors (Lipinski definition) is 2. The molecule has 0 spiro atoms. The number of carbonyl (C=O) groups is 1. The molecule has 1 aliphatic rings. The Morgan fingerprint density at radius 2 is 2.17 bits per heavy atom. The van der Waals surface area contributed by atoms with Crippen LogP contribution in [0, 0.1) is 5.92 Å². The Labute approximate surface area is 110 Å². The van der Waals surface area contributed by atoms with Gasteiger partial charge in [-0.25, -0.2) is 0 Å². The molecule has 7 heteroatoms. The van der Waals surface area contributed by atoms with Gasteiger partial charge in [0.25, 0.3) is 5.91 Å². The van der Waals surface area contributed by atoms with Gasteiger partial charge in [0.15, 0.2) is 10.4 Å². The van der Waals surface area contributed by atoms with Crippen molar-refractivity contribution in [3.8, 4) is 0 Å². The zero-order chi connectivity index (χ0) is 13.3. The van der Waals surface area contributed by atoms with E-state index in [1.165, 1.54) is 11.0 Å². The van der Waals surface area contributed by atoms with Gasteiger partial charge in [-0.2, -0.15) is 13.2 Å². The number of hydrogen-bond donors (Lipinski definition) is 0. The number of likely N-dealkylation sites (tertiary alicyclic amines) is 1. The van der Waals surface area contributed by atoms with Crippen molar-refractivity contribution in [3.05, 3.63) is 22.6 Å². The number of carbonyl (C=O) groups excluding carboxylic acids is 1. The lowest BCUT2D eigenvalue weighted by molar-refractivity contribution is -0.184. The molecule has 2 heterocycles. The quantitative estimate of drug-likeness (QED) is 0.792. The molecular weight excluding hydrogens is 315 g/mol. The van der Waals surface area contributed by atoms with E-state index < -0.39 is 18.0 Å². The second kappa shape index (κ2) is 4.95. The van der Waals surface area contributed by atoms with Crippen molar-refractivity contribution < 1.29 is 22.4 Å². The molecular formula is C11H11BrF3NO2. The number of rotatable bonds is 1. The highest BCUT2D eigenvalue weighted by Crippen LogP contribution is 2.33. The van der Waals surface area contributed by atoms with Gasteiger partial charge in [0, 0.05) is 13.1 Å². The first-order chi connectivity index (χ1) is 8.38. The van der Waals surface area contributed by atoms with Crippen LogP contribution in [0.1, 0.15) is 23.4 Å². The lowest BCUT2D eigenvalue weighted by Gasteiger charge is -2.33. The maximum Gasteiger partial charge on any atom is 0.393 e. The van der Waals surface area contributed by atoms with Gasteiger partial charge >= 0.3 is 6.18 Å². The van der Waals surface area contributed by atoms with Gasteiger partial charge in [-0.05, 0) is 40.9 Å². The topological polar surface area (TPSA) is 33.5 Å². The molecule has 0 unspecified atom stereocenters. The van der Waals surface area contributed by atoms with E-state index in [4.69, 9.17) is 4.42 Å². The van der Waals surface area contributed by atoms with Crippen molar-refractivity contribution in [1.82, 2.24) is 4.90 Å². The van der Waals surface area contributed by atoms with E-state index in [2.05, 4.69) is 15.9 Å². The molecule has 0 radical (unpaired) electrons. The van der Waals surface area contributed by atoms with Crippen LogP contribution in [0.25, 0.3) is 0 Å². The minimum absolute atomic E-state index is 0.0599. The third-order valence-electron chi connectivity index (χ3n) is 2.96. The van der Waals surface area contributed by atoms with Crippen molar-refractivity contribution in [2.24, 2.45) is 5.92 Å². The molecule has 0 aromatic carbocycles. The van der Waals surface area contributed by atoms with E-state index in [9.17, 15) is 18.0 Å². The standard InChI is InChI=1S/C11H11BrF3NO2/c12-9-4-3-8(18-9)10(17)16-5-1-2-7(6-16)11(13,14)15/h3-4,7H,1-2,5-6H2/t7-/m0/s1. The highest BCUT2D eigenvalue weighted by molar-refractivity contribution is 9.10. The lowest BCUT2D eigenvalue weighted by Crippen LogP contribution is -2.44. The van der Waals surface area contributed by atoms with Crippen LogP contribution >= 0.6 is 15.9 Å². The average molecular weight is 326 g/mol. The van der Waals surface area contributed by atoms with Crippen LogP contribution in [0.5, 0.6) is 0 Å². The number of furan rings is 1. The maximum absolute atomic E-state index is 12.6. The summed E-state index contributed by atoms with van der Waals surface area (Å²) in [7, 11) is 0. The number of nitrogens with zero attached hydrogens (tertiary/aromatic N) is 1. The molecule has 0 saturated carbocycles.